The first-order valence-corrected chi connectivity index (χ1v) is 3.72. The van der Waals surface area contributed by atoms with E-state index in [4.69, 9.17) is 0 Å². The lowest BCUT2D eigenvalue weighted by Gasteiger charge is -2.26. The molecule has 1 aliphatic rings. The van der Waals surface area contributed by atoms with Crippen molar-refractivity contribution in [1.82, 2.24) is 10.2 Å². The number of hydrogen-bond acceptors (Lipinski definition) is 2. The van der Waals surface area contributed by atoms with Gasteiger partial charge in [0.15, 0.2) is 0 Å². The van der Waals surface area contributed by atoms with Crippen LogP contribution in [0.1, 0.15) is 13.3 Å². The Kier molecular flexibility index (Phi) is 2.46. The van der Waals surface area contributed by atoms with Crippen LogP contribution < -0.4 is 5.32 Å². The second-order valence-corrected chi connectivity index (χ2v) is 2.71. The molecule has 0 aromatic carbocycles. The highest BCUT2D eigenvalue weighted by atomic mass is 16.2. The topological polar surface area (TPSA) is 49.4 Å². The van der Waals surface area contributed by atoms with Crippen molar-refractivity contribution in [2.24, 2.45) is 0 Å². The average Bonchev–Trinajstić information content (AvgIpc) is 1.93. The summed E-state index contributed by atoms with van der Waals surface area (Å²) < 4.78 is 0. The highest BCUT2D eigenvalue weighted by Crippen LogP contribution is 1.97. The summed E-state index contributed by atoms with van der Waals surface area (Å²) in [5, 5.41) is 2.67. The zero-order chi connectivity index (χ0) is 8.27. The number of rotatable bonds is 2. The third-order valence-electron chi connectivity index (χ3n) is 1.58. The molecule has 0 bridgehead atoms. The number of carbonyl (C=O) groups is 2. The summed E-state index contributed by atoms with van der Waals surface area (Å²) >= 11 is 0. The third kappa shape index (κ3) is 2.22. The molecule has 0 aromatic heterocycles. The lowest BCUT2D eigenvalue weighted by atomic mass is 10.3. The molecule has 0 atom stereocenters. The Morgan fingerprint density at radius 2 is 2.45 bits per heavy atom. The van der Waals surface area contributed by atoms with E-state index in [2.05, 4.69) is 5.32 Å². The normalized spacial score (nSPS) is 17.9. The number of carbonyl (C=O) groups excluding carboxylic acids is 2. The number of Topliss-reactive ketones (excluding diaryl/α,β-unsaturated/α-hetero) is 1. The van der Waals surface area contributed by atoms with E-state index < -0.39 is 0 Å². The SMILES string of the molecule is CC(=O)CN1CCCNC1=O. The lowest BCUT2D eigenvalue weighted by Crippen LogP contribution is -2.47. The zero-order valence-corrected chi connectivity index (χ0v) is 6.59. The summed E-state index contributed by atoms with van der Waals surface area (Å²) in [5.74, 6) is 0.0297. The van der Waals surface area contributed by atoms with Crippen molar-refractivity contribution >= 4 is 11.8 Å². The lowest BCUT2D eigenvalue weighted by molar-refractivity contribution is -0.117. The fourth-order valence-corrected chi connectivity index (χ4v) is 1.10. The van der Waals surface area contributed by atoms with Crippen molar-refractivity contribution in [2.75, 3.05) is 19.6 Å². The Morgan fingerprint density at radius 3 is 3.00 bits per heavy atom. The van der Waals surface area contributed by atoms with E-state index in [9.17, 15) is 9.59 Å². The van der Waals surface area contributed by atoms with Crippen molar-refractivity contribution in [3.8, 4) is 0 Å². The molecule has 0 aliphatic carbocycles. The molecule has 1 fully saturated rings. The van der Waals surface area contributed by atoms with E-state index in [1.165, 1.54) is 11.8 Å². The molecule has 0 unspecified atom stereocenters. The van der Waals surface area contributed by atoms with Crippen LogP contribution in [0.25, 0.3) is 0 Å². The summed E-state index contributed by atoms with van der Waals surface area (Å²) in [5.41, 5.74) is 0. The second kappa shape index (κ2) is 3.37. The van der Waals surface area contributed by atoms with Gasteiger partial charge in [0, 0.05) is 13.1 Å². The molecule has 0 aromatic rings. The van der Waals surface area contributed by atoms with E-state index >= 15 is 0 Å². The molecule has 2 amide bonds. The fourth-order valence-electron chi connectivity index (χ4n) is 1.10. The van der Waals surface area contributed by atoms with Gasteiger partial charge in [-0.2, -0.15) is 0 Å². The van der Waals surface area contributed by atoms with Crippen LogP contribution in [-0.4, -0.2) is 36.3 Å². The van der Waals surface area contributed by atoms with Gasteiger partial charge in [0.25, 0.3) is 0 Å². The standard InChI is InChI=1S/C7H12N2O2/c1-6(10)5-9-4-2-3-8-7(9)11/h2-5H2,1H3,(H,8,11). The van der Waals surface area contributed by atoms with E-state index in [-0.39, 0.29) is 18.4 Å². The molecule has 1 N–H and O–H groups in total. The zero-order valence-electron chi connectivity index (χ0n) is 6.59. The van der Waals surface area contributed by atoms with Gasteiger partial charge < -0.3 is 10.2 Å². The summed E-state index contributed by atoms with van der Waals surface area (Å²) in [6.45, 7) is 3.16. The second-order valence-electron chi connectivity index (χ2n) is 2.71. The van der Waals surface area contributed by atoms with Gasteiger partial charge >= 0.3 is 6.03 Å². The molecule has 1 saturated heterocycles. The monoisotopic (exact) mass is 156 g/mol. The van der Waals surface area contributed by atoms with Crippen molar-refractivity contribution in [3.63, 3.8) is 0 Å². The first-order valence-electron chi connectivity index (χ1n) is 3.72. The number of nitrogens with one attached hydrogen (secondary N) is 1. The minimum atomic E-state index is -0.119. The quantitative estimate of drug-likeness (QED) is 0.611. The van der Waals surface area contributed by atoms with Gasteiger partial charge in [-0.25, -0.2) is 4.79 Å². The molecule has 4 nitrogen and oxygen atoms in total. The summed E-state index contributed by atoms with van der Waals surface area (Å²) in [6, 6.07) is -0.119. The van der Waals surface area contributed by atoms with Crippen LogP contribution in [0.2, 0.25) is 0 Å². The summed E-state index contributed by atoms with van der Waals surface area (Å²) in [6.07, 6.45) is 0.930. The fraction of sp³-hybridized carbons (Fsp3) is 0.714. The van der Waals surface area contributed by atoms with Crippen LogP contribution in [0.4, 0.5) is 4.79 Å². The van der Waals surface area contributed by atoms with Crippen molar-refractivity contribution in [3.05, 3.63) is 0 Å². The maximum atomic E-state index is 11.0. The molecule has 1 heterocycles. The van der Waals surface area contributed by atoms with Gasteiger partial charge in [0.1, 0.15) is 5.78 Å². The first kappa shape index (κ1) is 8.04. The maximum absolute atomic E-state index is 11.0. The van der Waals surface area contributed by atoms with Gasteiger partial charge in [-0.1, -0.05) is 0 Å². The van der Waals surface area contributed by atoms with Crippen LogP contribution in [0, 0.1) is 0 Å². The molecule has 0 saturated carbocycles. The Morgan fingerprint density at radius 1 is 1.73 bits per heavy atom. The van der Waals surface area contributed by atoms with Crippen molar-refractivity contribution < 1.29 is 9.59 Å². The largest absolute Gasteiger partial charge is 0.338 e. The predicted molar refractivity (Wildman–Crippen MR) is 40.3 cm³/mol. The van der Waals surface area contributed by atoms with Gasteiger partial charge in [-0.3, -0.25) is 4.79 Å². The Balaban J connectivity index is 2.42. The van der Waals surface area contributed by atoms with Crippen molar-refractivity contribution in [1.29, 1.82) is 0 Å². The van der Waals surface area contributed by atoms with Gasteiger partial charge in [0.05, 0.1) is 6.54 Å². The van der Waals surface area contributed by atoms with Crippen LogP contribution in [-0.2, 0) is 4.79 Å². The predicted octanol–water partition coefficient (Wildman–Crippen LogP) is -0.00930. The molecule has 11 heavy (non-hydrogen) atoms. The van der Waals surface area contributed by atoms with Crippen LogP contribution in [0.15, 0.2) is 0 Å². The molecule has 62 valence electrons. The highest BCUT2D eigenvalue weighted by Gasteiger charge is 2.17. The number of amides is 2. The number of urea groups is 1. The van der Waals surface area contributed by atoms with E-state index in [1.54, 1.807) is 0 Å². The Hall–Kier alpha value is -1.06. The van der Waals surface area contributed by atoms with Crippen LogP contribution in [0.5, 0.6) is 0 Å². The number of hydrogen-bond donors (Lipinski definition) is 1. The Bertz CT molecular complexity index is 179. The summed E-state index contributed by atoms with van der Waals surface area (Å²) in [7, 11) is 0. The van der Waals surface area contributed by atoms with E-state index in [0.717, 1.165) is 13.0 Å². The molecular weight excluding hydrogens is 144 g/mol. The third-order valence-corrected chi connectivity index (χ3v) is 1.58. The van der Waals surface area contributed by atoms with E-state index in [0.29, 0.717) is 6.54 Å². The number of nitrogens with zero attached hydrogens (tertiary/aromatic N) is 1. The molecular formula is C7H12N2O2. The first-order chi connectivity index (χ1) is 5.20. The molecule has 0 spiro atoms. The molecule has 0 radical (unpaired) electrons. The van der Waals surface area contributed by atoms with Gasteiger partial charge in [0.2, 0.25) is 0 Å². The number of ketones is 1. The maximum Gasteiger partial charge on any atom is 0.317 e. The van der Waals surface area contributed by atoms with Crippen LogP contribution >= 0.6 is 0 Å². The van der Waals surface area contributed by atoms with E-state index in [1.807, 2.05) is 0 Å². The highest BCUT2D eigenvalue weighted by molar-refractivity contribution is 5.84. The average molecular weight is 156 g/mol. The molecule has 1 aliphatic heterocycles. The Labute approximate surface area is 65.6 Å². The minimum Gasteiger partial charge on any atom is -0.338 e. The van der Waals surface area contributed by atoms with Crippen molar-refractivity contribution in [2.45, 2.75) is 13.3 Å². The van der Waals surface area contributed by atoms with Gasteiger partial charge in [-0.15, -0.1) is 0 Å². The summed E-state index contributed by atoms with van der Waals surface area (Å²) in [4.78, 5) is 23.2. The smallest absolute Gasteiger partial charge is 0.317 e. The van der Waals surface area contributed by atoms with Crippen LogP contribution in [0.3, 0.4) is 0 Å². The van der Waals surface area contributed by atoms with Gasteiger partial charge in [-0.05, 0) is 13.3 Å². The molecule has 4 heteroatoms. The minimum absolute atomic E-state index is 0.0297. The molecule has 1 rings (SSSR count).